The maximum Gasteiger partial charge on any atom is 0.260 e. The number of aryl methyl sites for hydroxylation is 2. The normalized spacial score (nSPS) is 11.1. The lowest BCUT2D eigenvalue weighted by Gasteiger charge is -2.08. The Balaban J connectivity index is 1.78. The number of nitrogens with zero attached hydrogens (tertiary/aromatic N) is 1. The summed E-state index contributed by atoms with van der Waals surface area (Å²) in [6.07, 6.45) is 0.520. The Morgan fingerprint density at radius 1 is 1.11 bits per heavy atom. The van der Waals surface area contributed by atoms with Gasteiger partial charge in [0.1, 0.15) is 16.4 Å². The highest BCUT2D eigenvalue weighted by molar-refractivity contribution is 7.17. The zero-order chi connectivity index (χ0) is 19.0. The average Bonchev–Trinajstić information content (AvgIpc) is 3.09. The zero-order valence-electron chi connectivity index (χ0n) is 15.5. The smallest absolute Gasteiger partial charge is 0.260 e. The van der Waals surface area contributed by atoms with Crippen LogP contribution in [0.5, 0.6) is 5.75 Å². The molecule has 0 saturated heterocycles. The quantitative estimate of drug-likeness (QED) is 0.553. The van der Waals surface area contributed by atoms with Gasteiger partial charge in [0.05, 0.1) is 12.5 Å². The topological polar surface area (TPSA) is 55.0 Å². The molecule has 0 saturated carbocycles. The van der Waals surface area contributed by atoms with Gasteiger partial charge >= 0.3 is 0 Å². The molecule has 0 radical (unpaired) electrons. The molecule has 2 aromatic heterocycles. The van der Waals surface area contributed by atoms with Crippen molar-refractivity contribution in [2.45, 2.75) is 20.3 Å². The molecule has 4 rings (SSSR count). The summed E-state index contributed by atoms with van der Waals surface area (Å²) < 4.78 is 5.40. The van der Waals surface area contributed by atoms with Crippen LogP contribution in [-0.4, -0.2) is 17.1 Å². The van der Waals surface area contributed by atoms with Crippen LogP contribution in [0.3, 0.4) is 0 Å². The Kier molecular flexibility index (Phi) is 4.54. The fourth-order valence-electron chi connectivity index (χ4n) is 3.23. The van der Waals surface area contributed by atoms with E-state index in [2.05, 4.69) is 37.0 Å². The van der Waals surface area contributed by atoms with E-state index in [4.69, 9.17) is 9.72 Å². The Morgan fingerprint density at radius 3 is 2.70 bits per heavy atom. The predicted octanol–water partition coefficient (Wildman–Crippen LogP) is 4.87. The van der Waals surface area contributed by atoms with Crippen molar-refractivity contribution in [3.8, 4) is 16.9 Å². The number of fused-ring (bicyclic) bond motifs is 1. The number of benzene rings is 2. The van der Waals surface area contributed by atoms with Gasteiger partial charge in [-0.1, -0.05) is 36.4 Å². The van der Waals surface area contributed by atoms with Crippen LogP contribution in [0.2, 0.25) is 0 Å². The zero-order valence-corrected chi connectivity index (χ0v) is 16.3. The summed E-state index contributed by atoms with van der Waals surface area (Å²) in [6, 6.07) is 14.1. The molecule has 0 aliphatic rings. The molecule has 1 N–H and O–H groups in total. The maximum atomic E-state index is 12.8. The summed E-state index contributed by atoms with van der Waals surface area (Å²) in [6.45, 7) is 4.17. The first kappa shape index (κ1) is 17.5. The third-order valence-corrected chi connectivity index (χ3v) is 5.73. The number of hydrogen-bond donors (Lipinski definition) is 1. The summed E-state index contributed by atoms with van der Waals surface area (Å²) in [5.74, 6) is 1.44. The highest BCUT2D eigenvalue weighted by atomic mass is 32.1. The predicted molar refractivity (Wildman–Crippen MR) is 111 cm³/mol. The summed E-state index contributed by atoms with van der Waals surface area (Å²) in [5, 5.41) is 2.68. The van der Waals surface area contributed by atoms with E-state index >= 15 is 0 Å². The summed E-state index contributed by atoms with van der Waals surface area (Å²) >= 11 is 1.51. The molecule has 4 aromatic rings. The van der Waals surface area contributed by atoms with Gasteiger partial charge in [-0.15, -0.1) is 11.3 Å². The van der Waals surface area contributed by atoms with Gasteiger partial charge in [-0.2, -0.15) is 0 Å². The van der Waals surface area contributed by atoms with Crippen LogP contribution in [0.4, 0.5) is 0 Å². The Morgan fingerprint density at radius 2 is 1.93 bits per heavy atom. The van der Waals surface area contributed by atoms with Crippen molar-refractivity contribution in [2.24, 2.45) is 0 Å². The lowest BCUT2D eigenvalue weighted by atomic mass is 10.0. The number of para-hydroxylation sites is 1. The van der Waals surface area contributed by atoms with Crippen LogP contribution >= 0.6 is 11.3 Å². The first-order chi connectivity index (χ1) is 13.1. The van der Waals surface area contributed by atoms with Gasteiger partial charge in [0.15, 0.2) is 0 Å². The van der Waals surface area contributed by atoms with E-state index in [1.807, 2.05) is 29.6 Å². The molecule has 0 atom stereocenters. The molecule has 5 heteroatoms. The van der Waals surface area contributed by atoms with Gasteiger partial charge in [0, 0.05) is 22.9 Å². The molecule has 0 fully saturated rings. The van der Waals surface area contributed by atoms with Crippen molar-refractivity contribution >= 4 is 21.6 Å². The molecule has 2 heterocycles. The number of hydrogen-bond acceptors (Lipinski definition) is 4. The highest BCUT2D eigenvalue weighted by Gasteiger charge is 2.14. The standard InChI is InChI=1S/C22H20N2O2S/c1-13-8-9-15(10-14(13)2)17-12-27-22-20(17)21(25)23-19(24-22)11-16-6-4-5-7-18(16)26-3/h4-10,12H,11H2,1-3H3,(H,23,24,25). The van der Waals surface area contributed by atoms with Gasteiger partial charge in [-0.25, -0.2) is 4.98 Å². The number of aromatic nitrogens is 2. The second-order valence-electron chi connectivity index (χ2n) is 6.63. The second kappa shape index (κ2) is 7.00. The molecule has 2 aromatic carbocycles. The van der Waals surface area contributed by atoms with Crippen molar-refractivity contribution < 1.29 is 4.74 Å². The monoisotopic (exact) mass is 376 g/mol. The molecule has 0 amide bonds. The summed E-state index contributed by atoms with van der Waals surface area (Å²) in [7, 11) is 1.65. The van der Waals surface area contributed by atoms with E-state index in [1.165, 1.54) is 22.5 Å². The Bertz CT molecular complexity index is 1190. The van der Waals surface area contributed by atoms with Gasteiger partial charge in [0.2, 0.25) is 0 Å². The number of aromatic amines is 1. The SMILES string of the molecule is COc1ccccc1Cc1nc2scc(-c3ccc(C)c(C)c3)c2c(=O)[nH]1. The number of nitrogens with one attached hydrogen (secondary N) is 1. The molecule has 0 spiro atoms. The van der Waals surface area contributed by atoms with Crippen LogP contribution in [-0.2, 0) is 6.42 Å². The van der Waals surface area contributed by atoms with Gasteiger partial charge in [-0.05, 0) is 36.6 Å². The molecular weight excluding hydrogens is 356 g/mol. The number of H-pyrrole nitrogens is 1. The molecule has 0 unspecified atom stereocenters. The molecule has 27 heavy (non-hydrogen) atoms. The minimum absolute atomic E-state index is 0.0978. The van der Waals surface area contributed by atoms with Crippen LogP contribution < -0.4 is 10.3 Å². The Hall–Kier alpha value is -2.92. The fraction of sp³-hybridized carbons (Fsp3) is 0.182. The molecular formula is C22H20N2O2S. The van der Waals surface area contributed by atoms with E-state index in [-0.39, 0.29) is 5.56 Å². The van der Waals surface area contributed by atoms with E-state index < -0.39 is 0 Å². The van der Waals surface area contributed by atoms with Gasteiger partial charge in [-0.3, -0.25) is 4.79 Å². The van der Waals surface area contributed by atoms with Gasteiger partial charge < -0.3 is 9.72 Å². The molecule has 4 nitrogen and oxygen atoms in total. The van der Waals surface area contributed by atoms with Crippen molar-refractivity contribution in [3.05, 3.63) is 80.7 Å². The highest BCUT2D eigenvalue weighted by Crippen LogP contribution is 2.32. The van der Waals surface area contributed by atoms with Crippen molar-refractivity contribution in [3.63, 3.8) is 0 Å². The van der Waals surface area contributed by atoms with E-state index in [0.717, 1.165) is 27.3 Å². The van der Waals surface area contributed by atoms with Gasteiger partial charge in [0.25, 0.3) is 5.56 Å². The summed E-state index contributed by atoms with van der Waals surface area (Å²) in [4.78, 5) is 21.2. The van der Waals surface area contributed by atoms with Crippen LogP contribution in [0, 0.1) is 13.8 Å². The van der Waals surface area contributed by atoms with Crippen LogP contribution in [0.25, 0.3) is 21.3 Å². The lowest BCUT2D eigenvalue weighted by Crippen LogP contribution is -2.12. The van der Waals surface area contributed by atoms with E-state index in [0.29, 0.717) is 17.6 Å². The number of ether oxygens (including phenoxy) is 1. The number of rotatable bonds is 4. The Labute approximate surface area is 161 Å². The largest absolute Gasteiger partial charge is 0.496 e. The first-order valence-electron chi connectivity index (χ1n) is 8.76. The number of thiophene rings is 1. The molecule has 0 bridgehead atoms. The van der Waals surface area contributed by atoms with Crippen molar-refractivity contribution in [1.29, 1.82) is 0 Å². The minimum Gasteiger partial charge on any atom is -0.496 e. The third-order valence-electron chi connectivity index (χ3n) is 4.86. The summed E-state index contributed by atoms with van der Waals surface area (Å²) in [5.41, 5.74) is 5.34. The van der Waals surface area contributed by atoms with Crippen molar-refractivity contribution in [1.82, 2.24) is 9.97 Å². The molecule has 136 valence electrons. The van der Waals surface area contributed by atoms with Crippen LogP contribution in [0.15, 0.2) is 52.6 Å². The van der Waals surface area contributed by atoms with E-state index in [9.17, 15) is 4.79 Å². The van der Waals surface area contributed by atoms with Crippen molar-refractivity contribution in [2.75, 3.05) is 7.11 Å². The van der Waals surface area contributed by atoms with Crippen LogP contribution in [0.1, 0.15) is 22.5 Å². The fourth-order valence-corrected chi connectivity index (χ4v) is 4.19. The minimum atomic E-state index is -0.0978. The molecule has 0 aliphatic carbocycles. The lowest BCUT2D eigenvalue weighted by molar-refractivity contribution is 0.410. The van der Waals surface area contributed by atoms with E-state index in [1.54, 1.807) is 7.11 Å². The second-order valence-corrected chi connectivity index (χ2v) is 7.49. The first-order valence-corrected chi connectivity index (χ1v) is 9.64. The number of methoxy groups -OCH3 is 1. The third kappa shape index (κ3) is 3.26. The average molecular weight is 376 g/mol. The molecule has 0 aliphatic heterocycles. The maximum absolute atomic E-state index is 12.8.